The Morgan fingerprint density at radius 2 is 1.47 bits per heavy atom. The van der Waals surface area contributed by atoms with Crippen LogP contribution >= 0.6 is 0 Å². The van der Waals surface area contributed by atoms with Crippen molar-refractivity contribution in [3.05, 3.63) is 0 Å². The van der Waals surface area contributed by atoms with Crippen molar-refractivity contribution >= 4 is 8.24 Å². The van der Waals surface area contributed by atoms with E-state index in [2.05, 4.69) is 29.6 Å². The Kier molecular flexibility index (Phi) is 3.53. The Bertz CT molecular complexity index is 204. The van der Waals surface area contributed by atoms with Crippen molar-refractivity contribution in [1.29, 1.82) is 0 Å². The highest BCUT2D eigenvalue weighted by Gasteiger charge is 2.39. The minimum Gasteiger partial charge on any atom is -0.321 e. The Labute approximate surface area is 95.7 Å². The van der Waals surface area contributed by atoms with Gasteiger partial charge in [0.2, 0.25) is 0 Å². The van der Waals surface area contributed by atoms with Crippen LogP contribution in [0.3, 0.4) is 0 Å². The molecular weight excluding hydrogens is 200 g/mol. The molecule has 15 heavy (non-hydrogen) atoms. The molecule has 1 aliphatic heterocycles. The van der Waals surface area contributed by atoms with Gasteiger partial charge in [0.1, 0.15) is 8.24 Å². The van der Waals surface area contributed by atoms with Gasteiger partial charge in [-0.05, 0) is 12.6 Å². The van der Waals surface area contributed by atoms with Gasteiger partial charge in [-0.1, -0.05) is 38.8 Å². The molecule has 2 fully saturated rings. The van der Waals surface area contributed by atoms with E-state index in [0.717, 1.165) is 5.54 Å². The standard InChI is InChI=1S/C12H26N2Si/c1-13-8-10-14(11-9-13)15(2,3)12-6-4-5-7-12/h12H,4-11H2,1-3H3. The summed E-state index contributed by atoms with van der Waals surface area (Å²) in [6.45, 7) is 10.4. The third kappa shape index (κ3) is 2.45. The van der Waals surface area contributed by atoms with Gasteiger partial charge in [-0.25, -0.2) is 0 Å². The second kappa shape index (κ2) is 4.56. The van der Waals surface area contributed by atoms with Gasteiger partial charge >= 0.3 is 0 Å². The molecule has 88 valence electrons. The fourth-order valence-electron chi connectivity index (χ4n) is 3.27. The van der Waals surface area contributed by atoms with Gasteiger partial charge in [-0.15, -0.1) is 0 Å². The third-order valence-corrected chi connectivity index (χ3v) is 9.33. The normalized spacial score (nSPS) is 27.4. The van der Waals surface area contributed by atoms with Gasteiger partial charge in [0.05, 0.1) is 0 Å². The number of rotatable bonds is 2. The number of hydrogen-bond donors (Lipinski definition) is 0. The maximum atomic E-state index is 2.86. The van der Waals surface area contributed by atoms with Crippen LogP contribution in [0.4, 0.5) is 0 Å². The molecule has 1 heterocycles. The molecule has 0 aromatic rings. The van der Waals surface area contributed by atoms with Gasteiger partial charge in [0, 0.05) is 26.2 Å². The summed E-state index contributed by atoms with van der Waals surface area (Å²) >= 11 is 0. The first-order chi connectivity index (χ1) is 7.10. The SMILES string of the molecule is CN1CCN([Si](C)(C)C2CCCC2)CC1. The summed E-state index contributed by atoms with van der Waals surface area (Å²) in [6, 6.07) is 0. The predicted octanol–water partition coefficient (Wildman–Crippen LogP) is 2.38. The quantitative estimate of drug-likeness (QED) is 0.667. The second-order valence-electron chi connectivity index (χ2n) is 5.93. The first-order valence-electron chi connectivity index (χ1n) is 6.54. The molecular formula is C12H26N2Si. The van der Waals surface area contributed by atoms with Crippen molar-refractivity contribution in [3.63, 3.8) is 0 Å². The highest BCUT2D eigenvalue weighted by Crippen LogP contribution is 2.40. The van der Waals surface area contributed by atoms with Crippen LogP contribution in [0.25, 0.3) is 0 Å². The zero-order valence-electron chi connectivity index (χ0n) is 10.6. The van der Waals surface area contributed by atoms with Crippen LogP contribution in [-0.4, -0.2) is 50.9 Å². The van der Waals surface area contributed by atoms with Gasteiger partial charge < -0.3 is 9.47 Å². The van der Waals surface area contributed by atoms with Gasteiger partial charge in [0.25, 0.3) is 0 Å². The molecule has 1 saturated heterocycles. The van der Waals surface area contributed by atoms with E-state index in [1.807, 2.05) is 0 Å². The zero-order chi connectivity index (χ0) is 10.9. The van der Waals surface area contributed by atoms with Crippen molar-refractivity contribution in [2.75, 3.05) is 33.2 Å². The van der Waals surface area contributed by atoms with Gasteiger partial charge in [-0.2, -0.15) is 0 Å². The topological polar surface area (TPSA) is 6.48 Å². The summed E-state index contributed by atoms with van der Waals surface area (Å²) < 4.78 is 2.86. The van der Waals surface area contributed by atoms with Crippen LogP contribution in [0.2, 0.25) is 18.6 Å². The van der Waals surface area contributed by atoms with Crippen LogP contribution in [0.5, 0.6) is 0 Å². The lowest BCUT2D eigenvalue weighted by Crippen LogP contribution is -2.58. The van der Waals surface area contributed by atoms with Crippen LogP contribution in [0, 0.1) is 0 Å². The second-order valence-corrected chi connectivity index (χ2v) is 10.7. The molecule has 0 unspecified atom stereocenters. The molecule has 1 saturated carbocycles. The van der Waals surface area contributed by atoms with Crippen molar-refractivity contribution < 1.29 is 0 Å². The molecule has 2 nitrogen and oxygen atoms in total. The molecule has 0 aromatic carbocycles. The van der Waals surface area contributed by atoms with E-state index in [1.54, 1.807) is 0 Å². The van der Waals surface area contributed by atoms with Crippen molar-refractivity contribution in [2.24, 2.45) is 0 Å². The summed E-state index contributed by atoms with van der Waals surface area (Å²) in [4.78, 5) is 2.47. The van der Waals surface area contributed by atoms with Crippen LogP contribution in [0.1, 0.15) is 25.7 Å². The predicted molar refractivity (Wildman–Crippen MR) is 68.8 cm³/mol. The largest absolute Gasteiger partial charge is 0.321 e. The highest BCUT2D eigenvalue weighted by atomic mass is 28.3. The third-order valence-electron chi connectivity index (χ3n) is 4.67. The first kappa shape index (κ1) is 11.6. The Morgan fingerprint density at radius 1 is 0.933 bits per heavy atom. The fraction of sp³-hybridized carbons (Fsp3) is 1.00. The highest BCUT2D eigenvalue weighted by molar-refractivity contribution is 6.76. The molecule has 0 spiro atoms. The molecule has 0 bridgehead atoms. The van der Waals surface area contributed by atoms with E-state index >= 15 is 0 Å². The minimum absolute atomic E-state index is 1.08. The lowest BCUT2D eigenvalue weighted by Gasteiger charge is -2.45. The fourth-order valence-corrected chi connectivity index (χ4v) is 6.96. The van der Waals surface area contributed by atoms with E-state index in [9.17, 15) is 0 Å². The van der Waals surface area contributed by atoms with Gasteiger partial charge in [0.15, 0.2) is 0 Å². The van der Waals surface area contributed by atoms with E-state index < -0.39 is 8.24 Å². The van der Waals surface area contributed by atoms with Gasteiger partial charge in [-0.3, -0.25) is 0 Å². The van der Waals surface area contributed by atoms with Crippen LogP contribution < -0.4 is 0 Å². The number of hydrogen-bond acceptors (Lipinski definition) is 2. The molecule has 0 aromatic heterocycles. The maximum Gasteiger partial charge on any atom is 0.125 e. The molecule has 0 atom stereocenters. The molecule has 2 rings (SSSR count). The monoisotopic (exact) mass is 226 g/mol. The summed E-state index contributed by atoms with van der Waals surface area (Å²) in [5.41, 5.74) is 1.08. The van der Waals surface area contributed by atoms with Crippen molar-refractivity contribution in [3.8, 4) is 0 Å². The van der Waals surface area contributed by atoms with E-state index in [0.29, 0.717) is 0 Å². The number of likely N-dealkylation sites (N-methyl/N-ethyl adjacent to an activating group) is 1. The molecule has 1 aliphatic carbocycles. The minimum atomic E-state index is -1.09. The molecule has 3 heteroatoms. The van der Waals surface area contributed by atoms with E-state index in [4.69, 9.17) is 0 Å². The summed E-state index contributed by atoms with van der Waals surface area (Å²) in [5, 5.41) is 0. The maximum absolute atomic E-state index is 2.86. The zero-order valence-corrected chi connectivity index (χ0v) is 11.6. The Hall–Kier alpha value is 0.137. The molecule has 0 N–H and O–H groups in total. The van der Waals surface area contributed by atoms with Crippen molar-refractivity contribution in [2.45, 2.75) is 44.3 Å². The van der Waals surface area contributed by atoms with E-state index in [1.165, 1.54) is 51.9 Å². The van der Waals surface area contributed by atoms with E-state index in [-0.39, 0.29) is 0 Å². The molecule has 2 aliphatic rings. The summed E-state index contributed by atoms with van der Waals surface area (Å²) in [7, 11) is 1.16. The first-order valence-corrected chi connectivity index (χ1v) is 9.57. The van der Waals surface area contributed by atoms with Crippen LogP contribution in [0.15, 0.2) is 0 Å². The average Bonchev–Trinajstić information content (AvgIpc) is 2.71. The summed E-state index contributed by atoms with van der Waals surface area (Å²) in [5.74, 6) is 0. The average molecular weight is 226 g/mol. The lowest BCUT2D eigenvalue weighted by molar-refractivity contribution is 0.214. The Morgan fingerprint density at radius 3 is 2.00 bits per heavy atom. The number of nitrogens with zero attached hydrogens (tertiary/aromatic N) is 2. The molecule has 0 amide bonds. The Balaban J connectivity index is 1.95. The number of piperazine rings is 1. The smallest absolute Gasteiger partial charge is 0.125 e. The van der Waals surface area contributed by atoms with Crippen molar-refractivity contribution in [1.82, 2.24) is 9.47 Å². The van der Waals surface area contributed by atoms with Crippen LogP contribution in [-0.2, 0) is 0 Å². The summed E-state index contributed by atoms with van der Waals surface area (Å²) in [6.07, 6.45) is 6.03. The molecule has 0 radical (unpaired) electrons. The lowest BCUT2D eigenvalue weighted by atomic mass is 10.4.